The van der Waals surface area contributed by atoms with E-state index in [4.69, 9.17) is 0 Å². The molecule has 0 aliphatic heterocycles. The summed E-state index contributed by atoms with van der Waals surface area (Å²) in [7, 11) is 0. The summed E-state index contributed by atoms with van der Waals surface area (Å²) in [4.78, 5) is 0. The van der Waals surface area contributed by atoms with E-state index in [0.717, 1.165) is 0 Å². The Bertz CT molecular complexity index is 11.7. The van der Waals surface area contributed by atoms with Crippen molar-refractivity contribution >= 4 is 44.6 Å². The molecule has 0 fully saturated rings. The smallest absolute Gasteiger partial charge is 0 e. The zero-order valence-electron chi connectivity index (χ0n) is 4.94. The van der Waals surface area contributed by atoms with Gasteiger partial charge in [0.15, 0.2) is 0 Å². The van der Waals surface area contributed by atoms with Gasteiger partial charge in [0.1, 0.15) is 0 Å². The van der Waals surface area contributed by atoms with E-state index < -0.39 is 0 Å². The van der Waals surface area contributed by atoms with Crippen molar-refractivity contribution in [3.05, 3.63) is 0 Å². The van der Waals surface area contributed by atoms with Gasteiger partial charge in [0.25, 0.3) is 0 Å². The molecule has 7 heavy (non-hydrogen) atoms. The standard InChI is InChI=1S/2C2H5Te.Cd/c2*1-2-3;/h2*2H2,1H3;. The molecule has 0 nitrogen and oxygen atoms in total. The van der Waals surface area contributed by atoms with E-state index in [9.17, 15) is 0 Å². The predicted molar refractivity (Wildman–Crippen MR) is 32.5 cm³/mol. The van der Waals surface area contributed by atoms with Crippen LogP contribution in [-0.4, -0.2) is 44.6 Å². The minimum Gasteiger partial charge on any atom is 0 e. The Morgan fingerprint density at radius 2 is 1.00 bits per heavy atom. The molecule has 3 heteroatoms. The maximum atomic E-state index is 2.13. The van der Waals surface area contributed by atoms with Crippen molar-refractivity contribution in [3.63, 3.8) is 0 Å². The van der Waals surface area contributed by atoms with Crippen LogP contribution < -0.4 is 0 Å². The summed E-state index contributed by atoms with van der Waals surface area (Å²) in [5.41, 5.74) is 0. The molecule has 0 unspecified atom stereocenters. The van der Waals surface area contributed by atoms with Gasteiger partial charge in [0.2, 0.25) is 0 Å². The molecule has 0 atom stereocenters. The molecular formula is C4H10CdTe2. The molecule has 0 N–H and O–H groups in total. The molecule has 0 spiro atoms. The monoisotopic (exact) mass is 432 g/mol. The van der Waals surface area contributed by atoms with E-state index in [1.807, 2.05) is 0 Å². The van der Waals surface area contributed by atoms with Crippen molar-refractivity contribution in [2.24, 2.45) is 0 Å². The first-order chi connectivity index (χ1) is 2.83. The fraction of sp³-hybridized carbons (Fsp3) is 1.00. The van der Waals surface area contributed by atoms with Crippen LogP contribution in [0.25, 0.3) is 0 Å². The van der Waals surface area contributed by atoms with Gasteiger partial charge >= 0.3 is 67.4 Å². The van der Waals surface area contributed by atoms with Crippen molar-refractivity contribution in [3.8, 4) is 0 Å². The number of hydrogen-bond donors (Lipinski definition) is 0. The van der Waals surface area contributed by atoms with Crippen LogP contribution in [0.4, 0.5) is 0 Å². The van der Waals surface area contributed by atoms with E-state index >= 15 is 0 Å². The summed E-state index contributed by atoms with van der Waals surface area (Å²) in [6.45, 7) is 4.26. The van der Waals surface area contributed by atoms with E-state index in [0.29, 0.717) is 0 Å². The Morgan fingerprint density at radius 3 is 1.00 bits per heavy atom. The molecule has 0 aromatic heterocycles. The fourth-order valence-corrected chi connectivity index (χ4v) is 0. The maximum Gasteiger partial charge on any atom is 0 e. The molecule has 0 aliphatic rings. The summed E-state index contributed by atoms with van der Waals surface area (Å²) in [6.07, 6.45) is 0. The SMILES string of the molecule is CC[Te].CC[Te].[Cd]. The molecule has 0 heterocycles. The molecule has 40 valence electrons. The van der Waals surface area contributed by atoms with E-state index in [1.54, 1.807) is 0 Å². The third kappa shape index (κ3) is 57.4. The maximum absolute atomic E-state index is 2.13. The molecule has 0 saturated heterocycles. The Morgan fingerprint density at radius 1 is 1.00 bits per heavy atom. The topological polar surface area (TPSA) is 0 Å². The summed E-state index contributed by atoms with van der Waals surface area (Å²) in [5, 5.41) is 0. The van der Waals surface area contributed by atoms with E-state index in [2.05, 4.69) is 58.4 Å². The van der Waals surface area contributed by atoms with Crippen LogP contribution in [0.5, 0.6) is 0 Å². The third-order valence-electron chi connectivity index (χ3n) is 0. The second-order valence-corrected chi connectivity index (χ2v) is 3.87. The van der Waals surface area contributed by atoms with Gasteiger partial charge in [-0.2, -0.15) is 0 Å². The van der Waals surface area contributed by atoms with Gasteiger partial charge in [-0.1, -0.05) is 0 Å². The molecule has 0 aromatic carbocycles. The van der Waals surface area contributed by atoms with Crippen LogP contribution in [0, 0.1) is 0 Å². The van der Waals surface area contributed by atoms with Crippen molar-refractivity contribution in [2.75, 3.05) is 0 Å². The van der Waals surface area contributed by atoms with Crippen LogP contribution >= 0.6 is 0 Å². The third-order valence-corrected chi connectivity index (χ3v) is 0. The van der Waals surface area contributed by atoms with Gasteiger partial charge in [-0.15, -0.1) is 0 Å². The Labute approximate surface area is 93.2 Å². The van der Waals surface area contributed by atoms with E-state index in [-0.39, 0.29) is 27.3 Å². The van der Waals surface area contributed by atoms with Crippen LogP contribution in [0.2, 0.25) is 8.94 Å². The van der Waals surface area contributed by atoms with Crippen molar-refractivity contribution in [1.82, 2.24) is 0 Å². The molecule has 0 bridgehead atoms. The van der Waals surface area contributed by atoms with Crippen LogP contribution in [-0.2, 0) is 27.3 Å². The van der Waals surface area contributed by atoms with Gasteiger partial charge in [0, 0.05) is 27.3 Å². The number of hydrogen-bond acceptors (Lipinski definition) is 0. The minimum atomic E-state index is 0. The Hall–Kier alpha value is 2.50. The Balaban J connectivity index is -0.0000000400. The molecule has 2 radical (unpaired) electrons. The minimum absolute atomic E-state index is 0. The normalized spacial score (nSPS) is 5.14. The van der Waals surface area contributed by atoms with Gasteiger partial charge in [-0.05, 0) is 0 Å². The first-order valence-corrected chi connectivity index (χ1v) is 5.29. The van der Waals surface area contributed by atoms with E-state index in [1.165, 1.54) is 8.94 Å². The summed E-state index contributed by atoms with van der Waals surface area (Å²) in [5.74, 6) is 0. The summed E-state index contributed by atoms with van der Waals surface area (Å²) >= 11 is 4.14. The first-order valence-electron chi connectivity index (χ1n) is 1.99. The second-order valence-electron chi connectivity index (χ2n) is 0.577. The molecule has 0 aromatic rings. The van der Waals surface area contributed by atoms with Gasteiger partial charge in [-0.3, -0.25) is 0 Å². The molecule has 0 amide bonds. The predicted octanol–water partition coefficient (Wildman–Crippen LogP) is 1.18. The van der Waals surface area contributed by atoms with Crippen molar-refractivity contribution < 1.29 is 27.3 Å². The van der Waals surface area contributed by atoms with Crippen LogP contribution in [0.15, 0.2) is 0 Å². The van der Waals surface area contributed by atoms with Crippen molar-refractivity contribution in [1.29, 1.82) is 0 Å². The summed E-state index contributed by atoms with van der Waals surface area (Å²) in [6, 6.07) is 0. The molecule has 0 aliphatic carbocycles. The summed E-state index contributed by atoms with van der Waals surface area (Å²) < 4.78 is 2.52. The molecule has 0 saturated carbocycles. The van der Waals surface area contributed by atoms with Gasteiger partial charge in [-0.25, -0.2) is 0 Å². The zero-order chi connectivity index (χ0) is 5.41. The van der Waals surface area contributed by atoms with Crippen LogP contribution in [0.3, 0.4) is 0 Å². The second kappa shape index (κ2) is 23.6. The molecule has 0 rings (SSSR count). The van der Waals surface area contributed by atoms with Crippen molar-refractivity contribution in [2.45, 2.75) is 22.8 Å². The zero-order valence-corrected chi connectivity index (χ0v) is 13.6. The average molecular weight is 426 g/mol. The largest absolute Gasteiger partial charge is 0 e. The first kappa shape index (κ1) is 16.2. The quantitative estimate of drug-likeness (QED) is 0.512. The van der Waals surface area contributed by atoms with Crippen LogP contribution in [0.1, 0.15) is 13.8 Å². The fourth-order valence-electron chi connectivity index (χ4n) is 0. The Kier molecular flexibility index (Phi) is 54.8. The van der Waals surface area contributed by atoms with Gasteiger partial charge < -0.3 is 0 Å². The number of rotatable bonds is 0. The van der Waals surface area contributed by atoms with Gasteiger partial charge in [0.05, 0.1) is 0 Å². The molecular weight excluding hydrogens is 416 g/mol. The average Bonchev–Trinajstić information content (AvgIpc) is 1.39.